The van der Waals surface area contributed by atoms with Crippen LogP contribution in [0, 0.1) is 11.3 Å². The lowest BCUT2D eigenvalue weighted by atomic mass is 9.71. The van der Waals surface area contributed by atoms with Crippen molar-refractivity contribution in [3.8, 4) is 0 Å². The maximum atomic E-state index is 11.6. The summed E-state index contributed by atoms with van der Waals surface area (Å²) >= 11 is 0. The van der Waals surface area contributed by atoms with Gasteiger partial charge in [0.1, 0.15) is 6.29 Å². The molecular weight excluding hydrogens is 234 g/mol. The highest BCUT2D eigenvalue weighted by atomic mass is 16.1. The number of unbranched alkanes of at least 4 members (excludes halogenated alkanes) is 2. The first kappa shape index (κ1) is 16.7. The zero-order valence-corrected chi connectivity index (χ0v) is 13.3. The van der Waals surface area contributed by atoms with Crippen LogP contribution in [0.25, 0.3) is 0 Å². The monoisotopic (exact) mass is 267 g/mol. The SMILES string of the molecule is CCCCN(CCCC)CC1(C=O)CCC(C)CC1. The van der Waals surface area contributed by atoms with E-state index in [4.69, 9.17) is 0 Å². The Morgan fingerprint density at radius 1 is 1.11 bits per heavy atom. The van der Waals surface area contributed by atoms with Gasteiger partial charge in [-0.1, -0.05) is 33.6 Å². The summed E-state index contributed by atoms with van der Waals surface area (Å²) in [5.41, 5.74) is -0.0337. The van der Waals surface area contributed by atoms with Crippen LogP contribution in [-0.4, -0.2) is 30.8 Å². The van der Waals surface area contributed by atoms with E-state index in [9.17, 15) is 4.79 Å². The number of hydrogen-bond acceptors (Lipinski definition) is 2. The highest BCUT2D eigenvalue weighted by molar-refractivity contribution is 5.60. The van der Waals surface area contributed by atoms with Crippen molar-refractivity contribution in [3.63, 3.8) is 0 Å². The molecule has 1 rings (SSSR count). The summed E-state index contributed by atoms with van der Waals surface area (Å²) < 4.78 is 0. The number of rotatable bonds is 9. The minimum atomic E-state index is -0.0337. The van der Waals surface area contributed by atoms with Crippen molar-refractivity contribution < 1.29 is 4.79 Å². The van der Waals surface area contributed by atoms with E-state index >= 15 is 0 Å². The highest BCUT2D eigenvalue weighted by Gasteiger charge is 2.35. The van der Waals surface area contributed by atoms with E-state index < -0.39 is 0 Å². The van der Waals surface area contributed by atoms with Crippen molar-refractivity contribution in [2.24, 2.45) is 11.3 Å². The van der Waals surface area contributed by atoms with Gasteiger partial charge in [-0.15, -0.1) is 0 Å². The predicted molar refractivity (Wildman–Crippen MR) is 82.4 cm³/mol. The smallest absolute Gasteiger partial charge is 0.127 e. The average Bonchev–Trinajstić information content (AvgIpc) is 2.44. The first-order chi connectivity index (χ1) is 9.15. The molecule has 2 nitrogen and oxygen atoms in total. The van der Waals surface area contributed by atoms with Gasteiger partial charge in [0.05, 0.1) is 0 Å². The standard InChI is InChI=1S/C17H33NO/c1-4-6-12-18(13-7-5-2)14-17(15-19)10-8-16(3)9-11-17/h15-16H,4-14H2,1-3H3. The molecule has 0 aromatic carbocycles. The molecule has 0 spiro atoms. The van der Waals surface area contributed by atoms with Gasteiger partial charge in [0.25, 0.3) is 0 Å². The van der Waals surface area contributed by atoms with Crippen molar-refractivity contribution in [2.75, 3.05) is 19.6 Å². The molecule has 0 aromatic heterocycles. The maximum Gasteiger partial charge on any atom is 0.127 e. The Labute approximate surface area is 119 Å². The lowest BCUT2D eigenvalue weighted by Crippen LogP contribution is -2.42. The summed E-state index contributed by atoms with van der Waals surface area (Å²) in [5.74, 6) is 0.813. The van der Waals surface area contributed by atoms with Crippen LogP contribution in [0.15, 0.2) is 0 Å². The zero-order valence-electron chi connectivity index (χ0n) is 13.3. The molecule has 1 aliphatic carbocycles. The Morgan fingerprint density at radius 3 is 2.05 bits per heavy atom. The summed E-state index contributed by atoms with van der Waals surface area (Å²) in [6.45, 7) is 10.2. The van der Waals surface area contributed by atoms with Crippen LogP contribution < -0.4 is 0 Å². The molecule has 0 heterocycles. The third kappa shape index (κ3) is 5.64. The average molecular weight is 267 g/mol. The van der Waals surface area contributed by atoms with Crippen molar-refractivity contribution in [3.05, 3.63) is 0 Å². The summed E-state index contributed by atoms with van der Waals surface area (Å²) in [5, 5.41) is 0. The van der Waals surface area contributed by atoms with Crippen LogP contribution >= 0.6 is 0 Å². The molecule has 112 valence electrons. The highest BCUT2D eigenvalue weighted by Crippen LogP contribution is 2.38. The first-order valence-corrected chi connectivity index (χ1v) is 8.34. The third-order valence-corrected chi connectivity index (χ3v) is 4.71. The van der Waals surface area contributed by atoms with E-state index in [1.54, 1.807) is 0 Å². The second-order valence-corrected chi connectivity index (χ2v) is 6.65. The summed E-state index contributed by atoms with van der Waals surface area (Å²) in [7, 11) is 0. The van der Waals surface area contributed by atoms with E-state index in [0.717, 1.165) is 25.3 Å². The van der Waals surface area contributed by atoms with Crippen LogP contribution in [0.3, 0.4) is 0 Å². The molecule has 2 heteroatoms. The van der Waals surface area contributed by atoms with Gasteiger partial charge in [0.2, 0.25) is 0 Å². The van der Waals surface area contributed by atoms with E-state index in [2.05, 4.69) is 25.7 Å². The molecule has 0 bridgehead atoms. The molecule has 0 saturated heterocycles. The fourth-order valence-electron chi connectivity index (χ4n) is 3.13. The molecule has 0 amide bonds. The van der Waals surface area contributed by atoms with Crippen molar-refractivity contribution in [1.82, 2.24) is 4.90 Å². The molecule has 1 aliphatic rings. The molecule has 0 radical (unpaired) electrons. The van der Waals surface area contributed by atoms with Crippen LogP contribution in [0.4, 0.5) is 0 Å². The van der Waals surface area contributed by atoms with Crippen LogP contribution in [-0.2, 0) is 4.79 Å². The van der Waals surface area contributed by atoms with Crippen molar-refractivity contribution >= 4 is 6.29 Å². The number of carbonyl (C=O) groups excluding carboxylic acids is 1. The minimum Gasteiger partial charge on any atom is -0.303 e. The van der Waals surface area contributed by atoms with Crippen LogP contribution in [0.1, 0.15) is 72.1 Å². The Kier molecular flexibility index (Phi) is 7.67. The fraction of sp³-hybridized carbons (Fsp3) is 0.941. The van der Waals surface area contributed by atoms with Crippen LogP contribution in [0.5, 0.6) is 0 Å². The minimum absolute atomic E-state index is 0.0337. The molecule has 19 heavy (non-hydrogen) atoms. The number of aldehydes is 1. The van der Waals surface area contributed by atoms with Crippen LogP contribution in [0.2, 0.25) is 0 Å². The molecule has 0 aliphatic heterocycles. The number of carbonyl (C=O) groups is 1. The van der Waals surface area contributed by atoms with Gasteiger partial charge in [0, 0.05) is 12.0 Å². The Bertz CT molecular complexity index is 236. The molecule has 0 aromatic rings. The maximum absolute atomic E-state index is 11.6. The van der Waals surface area contributed by atoms with Gasteiger partial charge in [-0.3, -0.25) is 0 Å². The van der Waals surface area contributed by atoms with Gasteiger partial charge in [-0.05, 0) is 57.5 Å². The Morgan fingerprint density at radius 2 is 1.63 bits per heavy atom. The van der Waals surface area contributed by atoms with Crippen molar-refractivity contribution in [2.45, 2.75) is 72.1 Å². The van der Waals surface area contributed by atoms with Gasteiger partial charge >= 0.3 is 0 Å². The Hall–Kier alpha value is -0.370. The first-order valence-electron chi connectivity index (χ1n) is 8.34. The largest absolute Gasteiger partial charge is 0.303 e. The second kappa shape index (κ2) is 8.73. The quantitative estimate of drug-likeness (QED) is 0.581. The number of hydrogen-bond donors (Lipinski definition) is 0. The van der Waals surface area contributed by atoms with Gasteiger partial charge < -0.3 is 9.69 Å². The summed E-state index contributed by atoms with van der Waals surface area (Å²) in [4.78, 5) is 14.2. The second-order valence-electron chi connectivity index (χ2n) is 6.65. The molecular formula is C17H33NO. The third-order valence-electron chi connectivity index (χ3n) is 4.71. The van der Waals surface area contributed by atoms with E-state index in [1.165, 1.54) is 57.9 Å². The molecule has 1 fully saturated rings. The fourth-order valence-corrected chi connectivity index (χ4v) is 3.13. The number of nitrogens with zero attached hydrogens (tertiary/aromatic N) is 1. The lowest BCUT2D eigenvalue weighted by Gasteiger charge is -2.39. The normalized spacial score (nSPS) is 27.7. The van der Waals surface area contributed by atoms with E-state index in [0.29, 0.717) is 0 Å². The van der Waals surface area contributed by atoms with E-state index in [1.807, 2.05) is 0 Å². The summed E-state index contributed by atoms with van der Waals surface area (Å²) in [6.07, 6.45) is 11.0. The van der Waals surface area contributed by atoms with Gasteiger partial charge in [-0.2, -0.15) is 0 Å². The molecule has 0 atom stereocenters. The topological polar surface area (TPSA) is 20.3 Å². The molecule has 0 N–H and O–H groups in total. The summed E-state index contributed by atoms with van der Waals surface area (Å²) in [6, 6.07) is 0. The predicted octanol–water partition coefficient (Wildman–Crippen LogP) is 4.28. The van der Waals surface area contributed by atoms with Gasteiger partial charge in [-0.25, -0.2) is 0 Å². The molecule has 0 unspecified atom stereocenters. The van der Waals surface area contributed by atoms with Gasteiger partial charge in [0.15, 0.2) is 0 Å². The Balaban J connectivity index is 2.54. The lowest BCUT2D eigenvalue weighted by molar-refractivity contribution is -0.119. The zero-order chi connectivity index (χ0) is 14.1. The van der Waals surface area contributed by atoms with E-state index in [-0.39, 0.29) is 5.41 Å². The molecule has 1 saturated carbocycles. The van der Waals surface area contributed by atoms with Crippen molar-refractivity contribution in [1.29, 1.82) is 0 Å².